The van der Waals surface area contributed by atoms with Gasteiger partial charge in [0.15, 0.2) is 23.7 Å². The summed E-state index contributed by atoms with van der Waals surface area (Å²) in [5.41, 5.74) is 3.92. The molecule has 1 aliphatic heterocycles. The second-order valence-electron chi connectivity index (χ2n) is 10.5. The van der Waals surface area contributed by atoms with Crippen molar-refractivity contribution in [3.63, 3.8) is 0 Å². The first-order chi connectivity index (χ1) is 21.3. The highest BCUT2D eigenvalue weighted by Gasteiger charge is 2.43. The largest absolute Gasteiger partial charge is 0.586 e. The molecule has 0 aliphatic carbocycles. The summed E-state index contributed by atoms with van der Waals surface area (Å²) in [5.74, 6) is -2.18. The Bertz CT molecular complexity index is 1570. The second-order valence-corrected chi connectivity index (χ2v) is 12.2. The zero-order chi connectivity index (χ0) is 32.6. The summed E-state index contributed by atoms with van der Waals surface area (Å²) in [4.78, 5) is 38.8. The van der Waals surface area contributed by atoms with Crippen LogP contribution in [0.25, 0.3) is 0 Å². The number of fused-ring (bicyclic) bond motifs is 1. The highest BCUT2D eigenvalue weighted by molar-refractivity contribution is 7.89. The Morgan fingerprint density at radius 3 is 2.27 bits per heavy atom. The van der Waals surface area contributed by atoms with Crippen LogP contribution in [0.1, 0.15) is 31.4 Å². The minimum absolute atomic E-state index is 0.0735. The number of benzene rings is 3. The van der Waals surface area contributed by atoms with Crippen LogP contribution in [-0.2, 0) is 40.6 Å². The molecular formula is C30H33F2N3O9S. The topological polar surface area (TPSA) is 151 Å². The molecule has 0 radical (unpaired) electrons. The Morgan fingerprint density at radius 1 is 0.889 bits per heavy atom. The molecular weight excluding hydrogens is 616 g/mol. The van der Waals surface area contributed by atoms with Crippen LogP contribution >= 0.6 is 0 Å². The summed E-state index contributed by atoms with van der Waals surface area (Å²) in [6.07, 6.45) is -6.45. The molecule has 0 saturated carbocycles. The van der Waals surface area contributed by atoms with Crippen LogP contribution in [0.3, 0.4) is 0 Å². The van der Waals surface area contributed by atoms with Crippen LogP contribution in [0.2, 0.25) is 0 Å². The van der Waals surface area contributed by atoms with Gasteiger partial charge in [0.2, 0.25) is 0 Å². The van der Waals surface area contributed by atoms with E-state index in [1.807, 2.05) is 36.9 Å². The number of carbonyl (C=O) groups excluding carboxylic acids is 2. The predicted molar refractivity (Wildman–Crippen MR) is 156 cm³/mol. The number of aryl methyl sites for hydroxylation is 1. The fourth-order valence-electron chi connectivity index (χ4n) is 3.99. The summed E-state index contributed by atoms with van der Waals surface area (Å²) in [7, 11) is -4.17. The van der Waals surface area contributed by atoms with Gasteiger partial charge in [-0.1, -0.05) is 66.8 Å². The zero-order valence-electron chi connectivity index (χ0n) is 24.6. The Balaban J connectivity index is 1.41. The Hall–Kier alpha value is -4.15. The average molecular weight is 650 g/mol. The first-order valence-electron chi connectivity index (χ1n) is 13.8. The predicted octanol–water partition coefficient (Wildman–Crippen LogP) is 4.21. The number of anilines is 1. The number of hydrogen-bond acceptors (Lipinski definition) is 9. The van der Waals surface area contributed by atoms with E-state index in [0.717, 1.165) is 17.2 Å². The number of nitrogens with one attached hydrogen (secondary N) is 3. The Kier molecular flexibility index (Phi) is 11.1. The smallest absolute Gasteiger partial charge is 0.395 e. The van der Waals surface area contributed by atoms with Crippen molar-refractivity contribution in [2.24, 2.45) is 5.92 Å². The standard InChI is InChI=1S/C30H33F2N3O9S/c1-19(2)15-26(28(36)33-22-11-14-24-25(16-22)42-30(31,32)41-24)43-34-29(37)27(18-40-17-21-7-5-4-6-8-21)44-35-45(38,39)23-12-9-20(3)10-13-23/h4-14,16,19,26-27,35H,15,17-18H2,1-3H3,(H,33,36)(H,34,37)/t26-,27+/m0/s1. The van der Waals surface area contributed by atoms with Gasteiger partial charge in [-0.3, -0.25) is 19.3 Å². The van der Waals surface area contributed by atoms with Crippen molar-refractivity contribution < 1.29 is 50.7 Å². The number of halogens is 2. The maximum Gasteiger partial charge on any atom is 0.586 e. The van der Waals surface area contributed by atoms with Crippen LogP contribution < -0.4 is 25.2 Å². The third kappa shape index (κ3) is 9.92. The number of rotatable bonds is 15. The van der Waals surface area contributed by atoms with E-state index in [4.69, 9.17) is 14.4 Å². The molecule has 1 heterocycles. The van der Waals surface area contributed by atoms with E-state index in [2.05, 4.69) is 20.3 Å². The third-order valence-corrected chi connectivity index (χ3v) is 7.46. The van der Waals surface area contributed by atoms with Gasteiger partial charge in [-0.25, -0.2) is 13.9 Å². The van der Waals surface area contributed by atoms with E-state index in [1.54, 1.807) is 31.2 Å². The molecule has 12 nitrogen and oxygen atoms in total. The quantitative estimate of drug-likeness (QED) is 0.206. The van der Waals surface area contributed by atoms with Crippen LogP contribution in [0, 0.1) is 12.8 Å². The van der Waals surface area contributed by atoms with E-state index in [1.165, 1.54) is 24.3 Å². The van der Waals surface area contributed by atoms with E-state index < -0.39 is 40.3 Å². The van der Waals surface area contributed by atoms with Crippen LogP contribution in [0.5, 0.6) is 11.5 Å². The van der Waals surface area contributed by atoms with Crippen molar-refractivity contribution in [3.8, 4) is 11.5 Å². The van der Waals surface area contributed by atoms with Crippen molar-refractivity contribution in [3.05, 3.63) is 83.9 Å². The summed E-state index contributed by atoms with van der Waals surface area (Å²) in [6, 6.07) is 18.7. The summed E-state index contributed by atoms with van der Waals surface area (Å²) in [5, 5.41) is 2.53. The molecule has 2 amide bonds. The lowest BCUT2D eigenvalue weighted by atomic mass is 10.1. The summed E-state index contributed by atoms with van der Waals surface area (Å²) < 4.78 is 66.7. The molecule has 0 saturated heterocycles. The van der Waals surface area contributed by atoms with Gasteiger partial charge in [0, 0.05) is 11.8 Å². The van der Waals surface area contributed by atoms with Gasteiger partial charge in [0.1, 0.15) is 0 Å². The van der Waals surface area contributed by atoms with Gasteiger partial charge in [-0.05, 0) is 49.1 Å². The zero-order valence-corrected chi connectivity index (χ0v) is 25.4. The van der Waals surface area contributed by atoms with Gasteiger partial charge in [0.25, 0.3) is 21.8 Å². The van der Waals surface area contributed by atoms with Crippen molar-refractivity contribution >= 4 is 27.5 Å². The lowest BCUT2D eigenvalue weighted by Gasteiger charge is -2.22. The van der Waals surface area contributed by atoms with Crippen molar-refractivity contribution in [2.75, 3.05) is 11.9 Å². The van der Waals surface area contributed by atoms with Crippen LogP contribution in [0.4, 0.5) is 14.5 Å². The number of hydroxylamine groups is 1. The van der Waals surface area contributed by atoms with Crippen molar-refractivity contribution in [2.45, 2.75) is 57.2 Å². The Labute approximate surface area is 258 Å². The molecule has 0 fully saturated rings. The van der Waals surface area contributed by atoms with Gasteiger partial charge >= 0.3 is 6.29 Å². The first kappa shape index (κ1) is 33.7. The van der Waals surface area contributed by atoms with Crippen LogP contribution in [0.15, 0.2) is 77.7 Å². The molecule has 2 atom stereocenters. The number of hydrogen-bond donors (Lipinski definition) is 3. The lowest BCUT2D eigenvalue weighted by molar-refractivity contribution is -0.286. The maximum absolute atomic E-state index is 13.4. The molecule has 3 N–H and O–H groups in total. The molecule has 4 rings (SSSR count). The number of sulfonamides is 1. The monoisotopic (exact) mass is 649 g/mol. The lowest BCUT2D eigenvalue weighted by Crippen LogP contribution is -2.46. The van der Waals surface area contributed by atoms with Gasteiger partial charge in [0.05, 0.1) is 18.1 Å². The van der Waals surface area contributed by atoms with E-state index >= 15 is 0 Å². The SMILES string of the molecule is Cc1ccc(S(=O)(=O)NO[C@H](COCc2ccccc2)C(=O)NO[C@@H](CC(C)C)C(=O)Nc2ccc3c(c2)OC(F)(F)O3)cc1. The highest BCUT2D eigenvalue weighted by atomic mass is 32.2. The summed E-state index contributed by atoms with van der Waals surface area (Å²) >= 11 is 0. The van der Waals surface area contributed by atoms with Gasteiger partial charge in [-0.2, -0.15) is 0 Å². The van der Waals surface area contributed by atoms with Crippen molar-refractivity contribution in [1.29, 1.82) is 0 Å². The fourth-order valence-corrected chi connectivity index (χ4v) is 4.82. The maximum atomic E-state index is 13.4. The van der Waals surface area contributed by atoms with E-state index in [-0.39, 0.29) is 47.6 Å². The number of amides is 2. The first-order valence-corrected chi connectivity index (χ1v) is 15.3. The Morgan fingerprint density at radius 2 is 1.58 bits per heavy atom. The molecule has 1 aliphatic rings. The normalized spacial score (nSPS) is 15.0. The van der Waals surface area contributed by atoms with E-state index in [9.17, 15) is 26.8 Å². The number of carbonyl (C=O) groups is 2. The second kappa shape index (κ2) is 14.8. The highest BCUT2D eigenvalue weighted by Crippen LogP contribution is 2.42. The van der Waals surface area contributed by atoms with Crippen molar-refractivity contribution in [1.82, 2.24) is 10.4 Å². The summed E-state index contributed by atoms with van der Waals surface area (Å²) in [6.45, 7) is 5.14. The minimum Gasteiger partial charge on any atom is -0.395 e. The number of ether oxygens (including phenoxy) is 3. The third-order valence-electron chi connectivity index (χ3n) is 6.25. The van der Waals surface area contributed by atoms with Gasteiger partial charge in [-0.15, -0.1) is 8.78 Å². The molecule has 0 unspecified atom stereocenters. The van der Waals surface area contributed by atoms with Crippen LogP contribution in [-0.4, -0.2) is 45.3 Å². The fraction of sp³-hybridized carbons (Fsp3) is 0.333. The molecule has 3 aromatic rings. The average Bonchev–Trinajstić information content (AvgIpc) is 3.30. The molecule has 0 aromatic heterocycles. The molecule has 242 valence electrons. The number of alkyl halides is 2. The molecule has 45 heavy (non-hydrogen) atoms. The molecule has 0 bridgehead atoms. The van der Waals surface area contributed by atoms with Gasteiger partial charge < -0.3 is 19.5 Å². The molecule has 0 spiro atoms. The molecule has 15 heteroatoms. The minimum atomic E-state index is -4.17. The molecule has 3 aromatic carbocycles. The van der Waals surface area contributed by atoms with E-state index in [0.29, 0.717) is 0 Å².